The highest BCUT2D eigenvalue weighted by molar-refractivity contribution is 5.99. The number of nitrogens with one attached hydrogen (secondary N) is 1. The van der Waals surface area contributed by atoms with Gasteiger partial charge in [0.05, 0.1) is 11.1 Å². The van der Waals surface area contributed by atoms with Crippen molar-refractivity contribution in [1.29, 1.82) is 0 Å². The molecule has 0 saturated heterocycles. The SMILES string of the molecule is Cc1ccc(OCC(=O)NN=Cc2cn(Cc3ccccc3)c3ccccc23)c([N+](=O)[O-])c1. The van der Waals surface area contributed by atoms with Crippen molar-refractivity contribution in [1.82, 2.24) is 9.99 Å². The summed E-state index contributed by atoms with van der Waals surface area (Å²) in [5.74, 6) is -0.483. The van der Waals surface area contributed by atoms with Gasteiger partial charge in [-0.2, -0.15) is 5.10 Å². The molecule has 0 unspecified atom stereocenters. The summed E-state index contributed by atoms with van der Waals surface area (Å²) < 4.78 is 7.46. The molecule has 1 aromatic heterocycles. The van der Waals surface area contributed by atoms with Gasteiger partial charge in [0, 0.05) is 35.3 Å². The highest BCUT2D eigenvalue weighted by Gasteiger charge is 2.16. The summed E-state index contributed by atoms with van der Waals surface area (Å²) in [6.45, 7) is 2.07. The summed E-state index contributed by atoms with van der Waals surface area (Å²) in [5.41, 5.74) is 6.06. The predicted octanol–water partition coefficient (Wildman–Crippen LogP) is 4.44. The van der Waals surface area contributed by atoms with Crippen LogP contribution in [0.3, 0.4) is 0 Å². The molecule has 0 spiro atoms. The van der Waals surface area contributed by atoms with E-state index in [2.05, 4.69) is 27.2 Å². The van der Waals surface area contributed by atoms with Gasteiger partial charge < -0.3 is 9.30 Å². The average Bonchev–Trinajstić information content (AvgIpc) is 3.16. The third-order valence-corrected chi connectivity index (χ3v) is 5.08. The first kappa shape index (κ1) is 21.8. The highest BCUT2D eigenvalue weighted by Crippen LogP contribution is 2.27. The number of hydrogen-bond donors (Lipinski definition) is 1. The zero-order valence-corrected chi connectivity index (χ0v) is 18.0. The van der Waals surface area contributed by atoms with E-state index in [1.165, 1.54) is 17.7 Å². The fraction of sp³-hybridized carbons (Fsp3) is 0.120. The average molecular weight is 442 g/mol. The van der Waals surface area contributed by atoms with Crippen molar-refractivity contribution in [3.8, 4) is 5.75 Å². The zero-order valence-electron chi connectivity index (χ0n) is 18.0. The van der Waals surface area contributed by atoms with Crippen LogP contribution in [0.1, 0.15) is 16.7 Å². The summed E-state index contributed by atoms with van der Waals surface area (Å²) in [4.78, 5) is 22.8. The number of carbonyl (C=O) groups excluding carboxylic acids is 1. The third-order valence-electron chi connectivity index (χ3n) is 5.08. The Kier molecular flexibility index (Phi) is 6.45. The molecule has 8 heteroatoms. The fourth-order valence-corrected chi connectivity index (χ4v) is 3.53. The molecule has 8 nitrogen and oxygen atoms in total. The minimum Gasteiger partial charge on any atom is -0.477 e. The van der Waals surface area contributed by atoms with Gasteiger partial charge in [-0.05, 0) is 30.2 Å². The van der Waals surface area contributed by atoms with Crippen molar-refractivity contribution in [3.05, 3.63) is 106 Å². The van der Waals surface area contributed by atoms with Gasteiger partial charge in [0.15, 0.2) is 12.4 Å². The Morgan fingerprint density at radius 2 is 1.88 bits per heavy atom. The predicted molar refractivity (Wildman–Crippen MR) is 127 cm³/mol. The van der Waals surface area contributed by atoms with E-state index < -0.39 is 17.4 Å². The first-order valence-corrected chi connectivity index (χ1v) is 10.3. The quantitative estimate of drug-likeness (QED) is 0.248. The van der Waals surface area contributed by atoms with E-state index in [0.717, 1.165) is 22.0 Å². The molecule has 4 rings (SSSR count). The second-order valence-corrected chi connectivity index (χ2v) is 7.53. The van der Waals surface area contributed by atoms with Gasteiger partial charge in [-0.25, -0.2) is 5.43 Å². The number of benzene rings is 3. The number of aryl methyl sites for hydroxylation is 1. The van der Waals surface area contributed by atoms with Gasteiger partial charge >= 0.3 is 5.69 Å². The lowest BCUT2D eigenvalue weighted by Crippen LogP contribution is -2.24. The van der Waals surface area contributed by atoms with Crippen LogP contribution in [-0.4, -0.2) is 28.2 Å². The molecular weight excluding hydrogens is 420 g/mol. The number of aromatic nitrogens is 1. The van der Waals surface area contributed by atoms with Crippen molar-refractivity contribution < 1.29 is 14.5 Å². The number of hydrogen-bond acceptors (Lipinski definition) is 5. The Bertz CT molecular complexity index is 1330. The van der Waals surface area contributed by atoms with Crippen LogP contribution in [0, 0.1) is 17.0 Å². The maximum atomic E-state index is 12.1. The molecule has 0 bridgehead atoms. The monoisotopic (exact) mass is 442 g/mol. The highest BCUT2D eigenvalue weighted by atomic mass is 16.6. The molecule has 0 fully saturated rings. The van der Waals surface area contributed by atoms with Crippen LogP contribution >= 0.6 is 0 Å². The van der Waals surface area contributed by atoms with Crippen LogP contribution in [0.15, 0.2) is 84.1 Å². The zero-order chi connectivity index (χ0) is 23.2. The first-order valence-electron chi connectivity index (χ1n) is 10.3. The molecule has 0 aliphatic rings. The van der Waals surface area contributed by atoms with E-state index in [9.17, 15) is 14.9 Å². The van der Waals surface area contributed by atoms with Gasteiger partial charge in [-0.15, -0.1) is 0 Å². The molecule has 3 aromatic carbocycles. The second kappa shape index (κ2) is 9.78. The van der Waals surface area contributed by atoms with Crippen LogP contribution in [0.2, 0.25) is 0 Å². The van der Waals surface area contributed by atoms with Crippen molar-refractivity contribution in [3.63, 3.8) is 0 Å². The minimum absolute atomic E-state index is 0.0358. The summed E-state index contributed by atoms with van der Waals surface area (Å²) in [7, 11) is 0. The van der Waals surface area contributed by atoms with Gasteiger partial charge in [0.1, 0.15) is 0 Å². The normalized spacial score (nSPS) is 11.1. The second-order valence-electron chi connectivity index (χ2n) is 7.53. The number of amides is 1. The molecule has 0 radical (unpaired) electrons. The van der Waals surface area contributed by atoms with E-state index in [1.54, 1.807) is 19.2 Å². The number of para-hydroxylation sites is 1. The molecular formula is C25H22N4O4. The maximum absolute atomic E-state index is 12.1. The molecule has 0 aliphatic heterocycles. The number of fused-ring (bicyclic) bond motifs is 1. The van der Waals surface area contributed by atoms with E-state index in [0.29, 0.717) is 6.54 Å². The largest absolute Gasteiger partial charge is 0.477 e. The molecule has 1 amide bonds. The van der Waals surface area contributed by atoms with E-state index >= 15 is 0 Å². The lowest BCUT2D eigenvalue weighted by Gasteiger charge is -2.06. The number of nitro groups is 1. The standard InChI is InChI=1S/C25H22N4O4/c1-18-11-12-24(23(13-18)29(31)32)33-17-25(30)27-26-14-20-16-28(15-19-7-3-2-4-8-19)22-10-6-5-9-21(20)22/h2-14,16H,15,17H2,1H3,(H,27,30). The van der Waals surface area contributed by atoms with Gasteiger partial charge in [0.25, 0.3) is 5.91 Å². The fourth-order valence-electron chi connectivity index (χ4n) is 3.53. The van der Waals surface area contributed by atoms with Crippen molar-refractivity contribution >= 4 is 28.7 Å². The first-order chi connectivity index (χ1) is 16.0. The Morgan fingerprint density at radius 3 is 2.67 bits per heavy atom. The molecule has 0 atom stereocenters. The topological polar surface area (TPSA) is 98.8 Å². The van der Waals surface area contributed by atoms with E-state index in [1.807, 2.05) is 48.7 Å². The lowest BCUT2D eigenvalue weighted by molar-refractivity contribution is -0.385. The molecule has 0 aliphatic carbocycles. The molecule has 0 saturated carbocycles. The maximum Gasteiger partial charge on any atom is 0.311 e. The summed E-state index contributed by atoms with van der Waals surface area (Å²) in [6, 6.07) is 22.7. The van der Waals surface area contributed by atoms with Crippen molar-refractivity contribution in [2.24, 2.45) is 5.10 Å². The van der Waals surface area contributed by atoms with Gasteiger partial charge in [-0.1, -0.05) is 54.6 Å². The summed E-state index contributed by atoms with van der Waals surface area (Å²) in [6.07, 6.45) is 3.57. The van der Waals surface area contributed by atoms with E-state index in [-0.39, 0.29) is 11.4 Å². The molecule has 1 heterocycles. The lowest BCUT2D eigenvalue weighted by atomic mass is 10.2. The van der Waals surface area contributed by atoms with Crippen molar-refractivity contribution in [2.75, 3.05) is 6.61 Å². The molecule has 1 N–H and O–H groups in total. The van der Waals surface area contributed by atoms with Crippen LogP contribution in [0.25, 0.3) is 10.9 Å². The number of ether oxygens (including phenoxy) is 1. The number of hydrazone groups is 1. The smallest absolute Gasteiger partial charge is 0.311 e. The number of nitro benzene ring substituents is 1. The Morgan fingerprint density at radius 1 is 1.12 bits per heavy atom. The Balaban J connectivity index is 1.43. The van der Waals surface area contributed by atoms with Gasteiger partial charge in [0.2, 0.25) is 0 Å². The van der Waals surface area contributed by atoms with Crippen LogP contribution in [0.5, 0.6) is 5.75 Å². The van der Waals surface area contributed by atoms with Crippen LogP contribution < -0.4 is 10.2 Å². The Labute approximate surface area is 190 Å². The number of rotatable bonds is 8. The molecule has 4 aromatic rings. The van der Waals surface area contributed by atoms with Crippen molar-refractivity contribution in [2.45, 2.75) is 13.5 Å². The summed E-state index contributed by atoms with van der Waals surface area (Å²) >= 11 is 0. The molecule has 166 valence electrons. The van der Waals surface area contributed by atoms with Crippen LogP contribution in [-0.2, 0) is 11.3 Å². The molecule has 33 heavy (non-hydrogen) atoms. The summed E-state index contributed by atoms with van der Waals surface area (Å²) in [5, 5.41) is 16.2. The Hall–Kier alpha value is -4.46. The number of nitrogens with zero attached hydrogens (tertiary/aromatic N) is 3. The van der Waals surface area contributed by atoms with Gasteiger partial charge in [-0.3, -0.25) is 14.9 Å². The van der Waals surface area contributed by atoms with E-state index in [4.69, 9.17) is 4.74 Å². The minimum atomic E-state index is -0.538. The third kappa shape index (κ3) is 5.24. The van der Waals surface area contributed by atoms with Crippen LogP contribution in [0.4, 0.5) is 5.69 Å². The number of carbonyl (C=O) groups is 1.